The lowest BCUT2D eigenvalue weighted by atomic mass is 9.81. The largest absolute Gasteiger partial charge is 0.508 e. The fourth-order valence-corrected chi connectivity index (χ4v) is 5.00. The molecular weight excluding hydrogens is 543 g/mol. The summed E-state index contributed by atoms with van der Waals surface area (Å²) < 4.78 is 49.3. The van der Waals surface area contributed by atoms with Crippen molar-refractivity contribution in [3.05, 3.63) is 65.0 Å². The van der Waals surface area contributed by atoms with Crippen molar-refractivity contribution in [3.63, 3.8) is 0 Å². The van der Waals surface area contributed by atoms with E-state index in [4.69, 9.17) is 4.74 Å². The molecule has 1 heterocycles. The van der Waals surface area contributed by atoms with Gasteiger partial charge in [0.1, 0.15) is 17.6 Å². The Hall–Kier alpha value is -3.64. The number of methoxy groups -OCH3 is 1. The zero-order valence-corrected chi connectivity index (χ0v) is 23.6. The van der Waals surface area contributed by atoms with Crippen LogP contribution in [0.25, 0.3) is 0 Å². The second-order valence-corrected chi connectivity index (χ2v) is 11.0. The molecule has 1 saturated heterocycles. The van der Waals surface area contributed by atoms with Gasteiger partial charge in [0.25, 0.3) is 17.7 Å². The normalized spacial score (nSPS) is 19.7. The number of likely N-dealkylation sites (tertiary alicyclic amines) is 1. The Labute approximate surface area is 236 Å². The summed E-state index contributed by atoms with van der Waals surface area (Å²) in [7, 11) is 1.41. The Kier molecular flexibility index (Phi) is 9.70. The Morgan fingerprint density at radius 3 is 2.44 bits per heavy atom. The first-order valence-electron chi connectivity index (χ1n) is 13.1. The Balaban J connectivity index is 1.96. The van der Waals surface area contributed by atoms with Crippen LogP contribution in [0.1, 0.15) is 42.3 Å². The molecule has 3 rings (SSSR count). The molecule has 0 aliphatic carbocycles. The molecule has 4 N–H and O–H groups in total. The number of benzene rings is 2. The maximum atomic E-state index is 15.2. The zero-order valence-electron chi connectivity index (χ0n) is 23.6. The van der Waals surface area contributed by atoms with Crippen LogP contribution >= 0.6 is 0 Å². The molecule has 1 fully saturated rings. The van der Waals surface area contributed by atoms with Crippen molar-refractivity contribution < 1.29 is 42.5 Å². The van der Waals surface area contributed by atoms with E-state index in [2.05, 4.69) is 10.6 Å². The topological polar surface area (TPSA) is 128 Å². The van der Waals surface area contributed by atoms with E-state index in [0.717, 1.165) is 19.9 Å². The summed E-state index contributed by atoms with van der Waals surface area (Å²) in [6, 6.07) is 5.87. The van der Waals surface area contributed by atoms with E-state index in [1.54, 1.807) is 6.92 Å². The van der Waals surface area contributed by atoms with Gasteiger partial charge in [0.2, 0.25) is 5.91 Å². The minimum atomic E-state index is -3.49. The van der Waals surface area contributed by atoms with Crippen LogP contribution in [-0.4, -0.2) is 83.2 Å². The van der Waals surface area contributed by atoms with E-state index in [9.17, 15) is 29.0 Å². The highest BCUT2D eigenvalue weighted by Crippen LogP contribution is 2.48. The van der Waals surface area contributed by atoms with Crippen molar-refractivity contribution in [1.29, 1.82) is 0 Å². The average molecular weight is 580 g/mol. The summed E-state index contributed by atoms with van der Waals surface area (Å²) in [5.74, 6) is -7.06. The fourth-order valence-electron chi connectivity index (χ4n) is 5.00. The van der Waals surface area contributed by atoms with Gasteiger partial charge >= 0.3 is 0 Å². The smallest absolute Gasteiger partial charge is 0.272 e. The Morgan fingerprint density at radius 2 is 1.80 bits per heavy atom. The molecule has 41 heavy (non-hydrogen) atoms. The number of halogens is 3. The summed E-state index contributed by atoms with van der Waals surface area (Å²) in [5.41, 5.74) is -1.41. The van der Waals surface area contributed by atoms with Crippen molar-refractivity contribution in [1.82, 2.24) is 15.5 Å². The predicted molar refractivity (Wildman–Crippen MR) is 144 cm³/mol. The molecule has 0 unspecified atom stereocenters. The van der Waals surface area contributed by atoms with Gasteiger partial charge in [0.15, 0.2) is 6.10 Å². The van der Waals surface area contributed by atoms with Crippen molar-refractivity contribution >= 4 is 17.7 Å². The third-order valence-electron chi connectivity index (χ3n) is 7.49. The number of phenolic OH excluding ortho intramolecular Hbond substituents is 1. The number of amides is 3. The maximum absolute atomic E-state index is 15.2. The van der Waals surface area contributed by atoms with Gasteiger partial charge in [-0.05, 0) is 50.1 Å². The van der Waals surface area contributed by atoms with E-state index in [0.29, 0.717) is 10.5 Å². The minimum absolute atomic E-state index is 0.0483. The van der Waals surface area contributed by atoms with Crippen LogP contribution in [0.5, 0.6) is 5.75 Å². The number of carbonyl (C=O) groups excluding carboxylic acids is 3. The first-order chi connectivity index (χ1) is 19.1. The molecule has 0 radical (unpaired) electrons. The molecule has 1 aliphatic rings. The number of phenols is 1. The highest BCUT2D eigenvalue weighted by molar-refractivity contribution is 5.97. The quantitative estimate of drug-likeness (QED) is 0.343. The standard InChI is InChI=1S/C29H36F3N3O6/c1-16(14-41-5)33-26(39)24-28(3,4)29(31,32)15-35(24)27(40)23(37)21(13-18-8-6-9-19(30)12-18)34-25(38)20-10-7-11-22(36)17(20)2/h6-12,16,21,23-24,36-37H,13-15H2,1-5H3,(H,33,39)(H,34,38)/t16-,21-,23-,24-/m0/s1. The first kappa shape index (κ1) is 31.9. The number of hydrogen-bond acceptors (Lipinski definition) is 6. The van der Waals surface area contributed by atoms with Gasteiger partial charge in [-0.2, -0.15) is 0 Å². The summed E-state index contributed by atoms with van der Waals surface area (Å²) in [6.45, 7) is 4.39. The van der Waals surface area contributed by atoms with E-state index < -0.39 is 65.7 Å². The third kappa shape index (κ3) is 6.82. The summed E-state index contributed by atoms with van der Waals surface area (Å²) >= 11 is 0. The number of ether oxygens (including phenoxy) is 1. The number of aliphatic hydroxyl groups excluding tert-OH is 1. The number of aliphatic hydroxyl groups is 1. The lowest BCUT2D eigenvalue weighted by molar-refractivity contribution is -0.148. The molecule has 224 valence electrons. The van der Waals surface area contributed by atoms with Crippen LogP contribution in [0.3, 0.4) is 0 Å². The molecule has 2 aromatic carbocycles. The molecule has 4 atom stereocenters. The fraction of sp³-hybridized carbons (Fsp3) is 0.483. The number of nitrogens with one attached hydrogen (secondary N) is 2. The average Bonchev–Trinajstić information content (AvgIpc) is 3.08. The van der Waals surface area contributed by atoms with Crippen molar-refractivity contribution in [2.24, 2.45) is 5.41 Å². The summed E-state index contributed by atoms with van der Waals surface area (Å²) in [4.78, 5) is 40.6. The highest BCUT2D eigenvalue weighted by Gasteiger charge is 2.64. The van der Waals surface area contributed by atoms with Crippen LogP contribution in [0, 0.1) is 18.2 Å². The van der Waals surface area contributed by atoms with Crippen LogP contribution in [0.4, 0.5) is 13.2 Å². The third-order valence-corrected chi connectivity index (χ3v) is 7.49. The van der Waals surface area contributed by atoms with Crippen molar-refractivity contribution in [2.45, 2.75) is 64.3 Å². The van der Waals surface area contributed by atoms with E-state index >= 15 is 8.78 Å². The highest BCUT2D eigenvalue weighted by atomic mass is 19.3. The molecule has 0 bridgehead atoms. The lowest BCUT2D eigenvalue weighted by Gasteiger charge is -2.34. The first-order valence-corrected chi connectivity index (χ1v) is 13.1. The van der Waals surface area contributed by atoms with E-state index in [1.165, 1.54) is 50.4 Å². The van der Waals surface area contributed by atoms with Crippen LogP contribution < -0.4 is 10.6 Å². The maximum Gasteiger partial charge on any atom is 0.272 e. The van der Waals surface area contributed by atoms with E-state index in [-0.39, 0.29) is 29.9 Å². The molecule has 3 amide bonds. The number of carbonyl (C=O) groups is 3. The van der Waals surface area contributed by atoms with Gasteiger partial charge in [0.05, 0.1) is 24.6 Å². The van der Waals surface area contributed by atoms with Crippen molar-refractivity contribution in [3.8, 4) is 5.75 Å². The van der Waals surface area contributed by atoms with Crippen LogP contribution in [0.15, 0.2) is 42.5 Å². The van der Waals surface area contributed by atoms with Gasteiger partial charge in [-0.25, -0.2) is 13.2 Å². The predicted octanol–water partition coefficient (Wildman–Crippen LogP) is 2.57. The minimum Gasteiger partial charge on any atom is -0.508 e. The number of aromatic hydroxyl groups is 1. The summed E-state index contributed by atoms with van der Waals surface area (Å²) in [6.07, 6.45) is -2.33. The van der Waals surface area contributed by atoms with Gasteiger partial charge in [-0.15, -0.1) is 0 Å². The monoisotopic (exact) mass is 579 g/mol. The molecule has 0 spiro atoms. The second-order valence-electron chi connectivity index (χ2n) is 11.0. The molecule has 9 nitrogen and oxygen atoms in total. The molecular formula is C29H36F3N3O6. The van der Waals surface area contributed by atoms with Gasteiger partial charge in [-0.1, -0.05) is 32.0 Å². The van der Waals surface area contributed by atoms with Gasteiger partial charge in [0, 0.05) is 24.3 Å². The number of nitrogens with zero attached hydrogens (tertiary/aromatic N) is 1. The van der Waals surface area contributed by atoms with Crippen LogP contribution in [-0.2, 0) is 20.7 Å². The molecule has 2 aromatic rings. The Morgan fingerprint density at radius 1 is 1.15 bits per heavy atom. The molecule has 1 aliphatic heterocycles. The van der Waals surface area contributed by atoms with Crippen LogP contribution in [0.2, 0.25) is 0 Å². The second kappa shape index (κ2) is 12.5. The number of rotatable bonds is 10. The van der Waals surface area contributed by atoms with Crippen molar-refractivity contribution in [2.75, 3.05) is 20.3 Å². The molecule has 0 aromatic heterocycles. The Bertz CT molecular complexity index is 1290. The lowest BCUT2D eigenvalue weighted by Crippen LogP contribution is -2.58. The van der Waals surface area contributed by atoms with Gasteiger partial charge in [-0.3, -0.25) is 14.4 Å². The summed E-state index contributed by atoms with van der Waals surface area (Å²) in [5, 5.41) is 26.4. The number of alkyl halides is 2. The zero-order chi connectivity index (χ0) is 30.7. The molecule has 12 heteroatoms. The SMILES string of the molecule is COC[C@H](C)NC(=O)[C@@H]1N(C(=O)[C@@H](O)[C@H](Cc2cccc(F)c2)NC(=O)c2cccc(O)c2C)CC(F)(F)C1(C)C. The van der Waals surface area contributed by atoms with E-state index in [1.807, 2.05) is 0 Å². The van der Waals surface area contributed by atoms with Gasteiger partial charge < -0.3 is 30.5 Å². The number of hydrogen-bond donors (Lipinski definition) is 4. The molecule has 0 saturated carbocycles.